The summed E-state index contributed by atoms with van der Waals surface area (Å²) in [4.78, 5) is 45.3. The van der Waals surface area contributed by atoms with Gasteiger partial charge in [-0.2, -0.15) is 4.98 Å². The highest BCUT2D eigenvalue weighted by molar-refractivity contribution is 5.89. The summed E-state index contributed by atoms with van der Waals surface area (Å²) < 4.78 is 1.50. The summed E-state index contributed by atoms with van der Waals surface area (Å²) in [6.45, 7) is 4.92. The van der Waals surface area contributed by atoms with Crippen LogP contribution in [0.4, 0.5) is 10.6 Å². The number of anilines is 1. The van der Waals surface area contributed by atoms with Gasteiger partial charge in [-0.1, -0.05) is 6.07 Å². The van der Waals surface area contributed by atoms with E-state index in [4.69, 9.17) is 11.5 Å². The first-order chi connectivity index (χ1) is 18.6. The maximum Gasteiger partial charge on any atom is 0.354 e. The maximum absolute atomic E-state index is 12.9. The number of urea groups is 1. The molecule has 0 bridgehead atoms. The van der Waals surface area contributed by atoms with Crippen molar-refractivity contribution in [2.75, 3.05) is 31.5 Å². The number of aromatic nitrogens is 2. The molecule has 1 saturated carbocycles. The van der Waals surface area contributed by atoms with Crippen LogP contribution in [-0.2, 0) is 17.6 Å². The van der Waals surface area contributed by atoms with Crippen LogP contribution in [0.2, 0.25) is 0 Å². The van der Waals surface area contributed by atoms with Crippen LogP contribution in [0.1, 0.15) is 50.7 Å². The molecule has 2 aliphatic carbocycles. The number of hydrogen-bond donors (Lipinski definition) is 4. The topological polar surface area (TPSA) is 152 Å². The van der Waals surface area contributed by atoms with Crippen molar-refractivity contribution in [2.45, 2.75) is 76.0 Å². The van der Waals surface area contributed by atoms with E-state index in [-0.39, 0.29) is 30.2 Å². The van der Waals surface area contributed by atoms with E-state index in [2.05, 4.69) is 27.8 Å². The number of nitrogens with one attached hydrogen (secondary N) is 2. The van der Waals surface area contributed by atoms with Crippen molar-refractivity contribution in [1.29, 1.82) is 0 Å². The number of carbonyl (C=O) groups is 2. The lowest BCUT2D eigenvalue weighted by molar-refractivity contribution is -0.137. The average molecular weight is 573 g/mol. The molecule has 1 saturated heterocycles. The van der Waals surface area contributed by atoms with Gasteiger partial charge in [-0.3, -0.25) is 14.7 Å². The molecule has 2 fully saturated rings. The molecule has 6 N–H and O–H groups in total. The minimum Gasteiger partial charge on any atom is -0.338 e. The number of fused-ring (bicyclic) bond motifs is 1. The summed E-state index contributed by atoms with van der Waals surface area (Å²) in [6, 6.07) is 8.71. The third-order valence-corrected chi connectivity index (χ3v) is 8.09. The number of benzene rings is 1. The molecule has 11 nitrogen and oxygen atoms in total. The molecule has 3 amide bonds. The number of piperazine rings is 1. The molecule has 5 rings (SSSR count). The molecule has 1 aromatic heterocycles. The van der Waals surface area contributed by atoms with Crippen LogP contribution >= 0.6 is 12.4 Å². The van der Waals surface area contributed by atoms with Crippen LogP contribution < -0.4 is 27.8 Å². The van der Waals surface area contributed by atoms with E-state index in [0.717, 1.165) is 44.2 Å². The van der Waals surface area contributed by atoms with Gasteiger partial charge in [0.1, 0.15) is 5.82 Å². The van der Waals surface area contributed by atoms with E-state index in [1.54, 1.807) is 35.9 Å². The minimum atomic E-state index is -0.944. The van der Waals surface area contributed by atoms with Crippen molar-refractivity contribution in [1.82, 2.24) is 24.7 Å². The Bertz CT molecular complexity index is 1290. The van der Waals surface area contributed by atoms with Gasteiger partial charge in [0.2, 0.25) is 5.91 Å². The molecule has 12 heteroatoms. The molecule has 40 heavy (non-hydrogen) atoms. The second-order valence-corrected chi connectivity index (χ2v) is 11.7. The summed E-state index contributed by atoms with van der Waals surface area (Å²) in [5.41, 5.74) is 13.9. The Balaban J connectivity index is 0.00000370. The molecule has 218 valence electrons. The van der Waals surface area contributed by atoms with E-state index in [1.165, 1.54) is 15.7 Å². The molecule has 3 aliphatic rings. The molecule has 1 aromatic carbocycles. The Morgan fingerprint density at radius 1 is 1.00 bits per heavy atom. The van der Waals surface area contributed by atoms with Gasteiger partial charge >= 0.3 is 11.7 Å². The Labute approximate surface area is 241 Å². The first kappa shape index (κ1) is 30.0. The molecule has 2 heterocycles. The number of nitrogens with zero attached hydrogens (tertiary/aromatic N) is 4. The SMILES string of the molecule is CC(C)(N)C(=O)N1CCN(C(=O)Nc2ccn(-c3ccc4c(c3)CCC(N[C@H]3CC[C@@H](N)C3)C4)c(=O)n2)CC1.Cl. The van der Waals surface area contributed by atoms with E-state index >= 15 is 0 Å². The summed E-state index contributed by atoms with van der Waals surface area (Å²) >= 11 is 0. The highest BCUT2D eigenvalue weighted by Crippen LogP contribution is 2.26. The fourth-order valence-corrected chi connectivity index (χ4v) is 5.91. The van der Waals surface area contributed by atoms with Gasteiger partial charge in [0.05, 0.1) is 11.2 Å². The molecule has 3 atom stereocenters. The average Bonchev–Trinajstić information content (AvgIpc) is 3.32. The molecule has 2 aromatic rings. The van der Waals surface area contributed by atoms with Crippen molar-refractivity contribution < 1.29 is 9.59 Å². The minimum absolute atomic E-state index is 0. The van der Waals surface area contributed by atoms with Gasteiger partial charge < -0.3 is 26.6 Å². The van der Waals surface area contributed by atoms with Crippen LogP contribution in [0.5, 0.6) is 0 Å². The Kier molecular flexibility index (Phi) is 9.19. The first-order valence-electron chi connectivity index (χ1n) is 13.9. The quantitative estimate of drug-likeness (QED) is 0.422. The maximum atomic E-state index is 12.9. The van der Waals surface area contributed by atoms with Gasteiger partial charge in [-0.25, -0.2) is 9.59 Å². The molecule has 1 aliphatic heterocycles. The number of halogens is 1. The smallest absolute Gasteiger partial charge is 0.338 e. The van der Waals surface area contributed by atoms with Crippen molar-refractivity contribution in [3.63, 3.8) is 0 Å². The third-order valence-electron chi connectivity index (χ3n) is 8.09. The lowest BCUT2D eigenvalue weighted by Gasteiger charge is -2.37. The zero-order valence-electron chi connectivity index (χ0n) is 23.3. The number of amides is 3. The summed E-state index contributed by atoms with van der Waals surface area (Å²) in [5.74, 6) is 0.0575. The van der Waals surface area contributed by atoms with Gasteiger partial charge in [0.15, 0.2) is 0 Å². The Hall–Kier alpha value is -2.99. The lowest BCUT2D eigenvalue weighted by Crippen LogP contribution is -2.58. The first-order valence-corrected chi connectivity index (χ1v) is 13.9. The van der Waals surface area contributed by atoms with E-state index in [1.807, 2.05) is 6.07 Å². The molecular formula is C28H41ClN8O3. The van der Waals surface area contributed by atoms with Gasteiger partial charge in [-0.15, -0.1) is 12.4 Å². The molecule has 1 unspecified atom stereocenters. The fourth-order valence-electron chi connectivity index (χ4n) is 5.91. The highest BCUT2D eigenvalue weighted by Gasteiger charge is 2.31. The van der Waals surface area contributed by atoms with Crippen LogP contribution in [0, 0.1) is 0 Å². The van der Waals surface area contributed by atoms with Crippen molar-refractivity contribution in [2.24, 2.45) is 11.5 Å². The Morgan fingerprint density at radius 2 is 1.73 bits per heavy atom. The normalized spacial score (nSPS) is 22.9. The zero-order chi connectivity index (χ0) is 27.7. The lowest BCUT2D eigenvalue weighted by atomic mass is 9.87. The Morgan fingerprint density at radius 3 is 2.38 bits per heavy atom. The van der Waals surface area contributed by atoms with Gasteiger partial charge in [0.25, 0.3) is 0 Å². The van der Waals surface area contributed by atoms with E-state index in [9.17, 15) is 14.4 Å². The van der Waals surface area contributed by atoms with Crippen LogP contribution in [-0.4, -0.2) is 81.1 Å². The number of nitrogens with two attached hydrogens (primary N) is 2. The number of rotatable bonds is 5. The van der Waals surface area contributed by atoms with Crippen molar-refractivity contribution >= 4 is 30.2 Å². The van der Waals surface area contributed by atoms with Crippen molar-refractivity contribution in [3.05, 3.63) is 52.1 Å². The fraction of sp³-hybridized carbons (Fsp3) is 0.571. The summed E-state index contributed by atoms with van der Waals surface area (Å²) in [7, 11) is 0. The predicted octanol–water partition coefficient (Wildman–Crippen LogP) is 1.39. The van der Waals surface area contributed by atoms with Gasteiger partial charge in [0, 0.05) is 50.5 Å². The molecule has 0 radical (unpaired) electrons. The molecular weight excluding hydrogens is 532 g/mol. The second-order valence-electron chi connectivity index (χ2n) is 11.7. The van der Waals surface area contributed by atoms with Crippen LogP contribution in [0.25, 0.3) is 5.69 Å². The number of aryl methyl sites for hydroxylation is 1. The zero-order valence-corrected chi connectivity index (χ0v) is 24.1. The van der Waals surface area contributed by atoms with Crippen LogP contribution in [0.3, 0.4) is 0 Å². The second kappa shape index (κ2) is 12.3. The largest absolute Gasteiger partial charge is 0.354 e. The highest BCUT2D eigenvalue weighted by atomic mass is 35.5. The summed E-state index contributed by atoms with van der Waals surface area (Å²) in [5, 5.41) is 6.51. The van der Waals surface area contributed by atoms with Crippen LogP contribution in [0.15, 0.2) is 35.3 Å². The number of hydrogen-bond acceptors (Lipinski definition) is 7. The summed E-state index contributed by atoms with van der Waals surface area (Å²) in [6.07, 6.45) is 7.95. The number of carbonyl (C=O) groups excluding carboxylic acids is 2. The third kappa shape index (κ3) is 6.83. The van der Waals surface area contributed by atoms with Gasteiger partial charge in [-0.05, 0) is 81.7 Å². The van der Waals surface area contributed by atoms with E-state index in [0.29, 0.717) is 44.3 Å². The van der Waals surface area contributed by atoms with Crippen molar-refractivity contribution in [3.8, 4) is 5.69 Å². The predicted molar refractivity (Wildman–Crippen MR) is 157 cm³/mol. The monoisotopic (exact) mass is 572 g/mol. The standard InChI is InChI=1S/C28H40N8O3.ClH/c1-28(2,30)25(37)34-11-13-35(14-12-34)26(38)32-24-9-10-36(27(39)33-24)23-8-4-18-15-21(6-3-19(18)16-23)31-22-7-5-20(29)17-22;/h4,8-10,16,20-22,31H,3,5-7,11-15,17,29-30H2,1-2H3,(H,32,33,38,39);1H/t20-,21?,22+;/m1./s1. The molecule has 0 spiro atoms. The van der Waals surface area contributed by atoms with E-state index < -0.39 is 11.2 Å².